The van der Waals surface area contributed by atoms with E-state index in [-0.39, 0.29) is 18.0 Å². The average molecular weight is 559 g/mol. The fourth-order valence-corrected chi connectivity index (χ4v) is 5.41. The largest absolute Gasteiger partial charge is 0.497 e. The van der Waals surface area contributed by atoms with Gasteiger partial charge in [0.1, 0.15) is 11.4 Å². The van der Waals surface area contributed by atoms with E-state index in [4.69, 9.17) is 33.0 Å². The molecule has 0 spiro atoms. The summed E-state index contributed by atoms with van der Waals surface area (Å²) in [6, 6.07) is 22.3. The van der Waals surface area contributed by atoms with Crippen molar-refractivity contribution in [1.29, 1.82) is 0 Å². The number of nitrogens with zero attached hydrogens (tertiary/aromatic N) is 4. The van der Waals surface area contributed by atoms with Crippen LogP contribution in [0.5, 0.6) is 5.75 Å². The van der Waals surface area contributed by atoms with Crippen molar-refractivity contribution in [2.75, 3.05) is 13.7 Å². The molecule has 0 fully saturated rings. The Kier molecular flexibility index (Phi) is 6.62. The van der Waals surface area contributed by atoms with Gasteiger partial charge in [-0.25, -0.2) is 4.52 Å². The molecule has 0 unspecified atom stereocenters. The summed E-state index contributed by atoms with van der Waals surface area (Å²) in [4.78, 5) is 29.2. The van der Waals surface area contributed by atoms with Crippen LogP contribution >= 0.6 is 23.2 Å². The van der Waals surface area contributed by atoms with Crippen molar-refractivity contribution in [2.24, 2.45) is 0 Å². The Morgan fingerprint density at radius 1 is 1.00 bits per heavy atom. The van der Waals surface area contributed by atoms with Gasteiger partial charge in [-0.15, -0.1) is 0 Å². The third-order valence-corrected chi connectivity index (χ3v) is 7.83. The summed E-state index contributed by atoms with van der Waals surface area (Å²) in [6.07, 6.45) is 2.81. The first-order chi connectivity index (χ1) is 18.9. The van der Waals surface area contributed by atoms with Crippen LogP contribution in [0.1, 0.15) is 32.7 Å². The van der Waals surface area contributed by atoms with Gasteiger partial charge in [-0.05, 0) is 54.4 Å². The van der Waals surface area contributed by atoms with Crippen molar-refractivity contribution in [3.63, 3.8) is 0 Å². The Labute approximate surface area is 234 Å². The molecular weight excluding hydrogens is 535 g/mol. The highest BCUT2D eigenvalue weighted by atomic mass is 35.5. The molecule has 3 aromatic carbocycles. The summed E-state index contributed by atoms with van der Waals surface area (Å²) in [7, 11) is 1.61. The molecule has 7 nitrogen and oxygen atoms in total. The molecule has 0 N–H and O–H groups in total. The van der Waals surface area contributed by atoms with E-state index >= 15 is 0 Å². The van der Waals surface area contributed by atoms with Gasteiger partial charge in [0.2, 0.25) is 0 Å². The van der Waals surface area contributed by atoms with Crippen LogP contribution in [0.2, 0.25) is 10.0 Å². The number of halogens is 2. The van der Waals surface area contributed by atoms with Gasteiger partial charge in [0.15, 0.2) is 0 Å². The molecule has 0 radical (unpaired) electrons. The molecular formula is C30H24Cl2N4O3. The van der Waals surface area contributed by atoms with Crippen molar-refractivity contribution < 1.29 is 9.53 Å². The molecule has 6 rings (SSSR count). The zero-order valence-electron chi connectivity index (χ0n) is 21.1. The first-order valence-electron chi connectivity index (χ1n) is 12.5. The lowest BCUT2D eigenvalue weighted by Crippen LogP contribution is -2.41. The third-order valence-electron chi connectivity index (χ3n) is 7.09. The number of carbonyl (C=O) groups excluding carboxylic acids is 1. The van der Waals surface area contributed by atoms with E-state index in [1.54, 1.807) is 34.8 Å². The molecule has 0 bridgehead atoms. The zero-order chi connectivity index (χ0) is 27.1. The molecule has 0 saturated heterocycles. The highest BCUT2D eigenvalue weighted by molar-refractivity contribution is 6.42. The minimum atomic E-state index is -0.177. The fourth-order valence-electron chi connectivity index (χ4n) is 5.11. The van der Waals surface area contributed by atoms with Crippen LogP contribution in [0.15, 0.2) is 83.8 Å². The lowest BCUT2D eigenvalue weighted by Gasteiger charge is -2.29. The lowest BCUT2D eigenvalue weighted by molar-refractivity contribution is 0.0730. The first-order valence-corrected chi connectivity index (χ1v) is 13.3. The maximum atomic E-state index is 14.1. The molecule has 0 saturated carbocycles. The number of carbonyl (C=O) groups is 1. The standard InChI is InChI=1S/C30H24Cl2N4O3/c1-39-23-10-8-22(9-11-23)35-28-21(15-19-5-3-2-4-6-19)17-33-36(28)27-18-34(14-13-24(27)30(35)38)29(37)20-7-12-25(31)26(32)16-20/h2-12,16-17H,13-15,18H2,1H3. The zero-order valence-corrected chi connectivity index (χ0v) is 22.6. The van der Waals surface area contributed by atoms with E-state index in [0.29, 0.717) is 57.6 Å². The Morgan fingerprint density at radius 2 is 1.77 bits per heavy atom. The fraction of sp³-hybridized carbons (Fsp3) is 0.167. The van der Waals surface area contributed by atoms with Crippen molar-refractivity contribution in [3.05, 3.63) is 127 Å². The molecule has 9 heteroatoms. The van der Waals surface area contributed by atoms with Crippen LogP contribution in [-0.4, -0.2) is 38.6 Å². The average Bonchev–Trinajstić information content (AvgIpc) is 3.38. The van der Waals surface area contributed by atoms with E-state index in [1.165, 1.54) is 0 Å². The van der Waals surface area contributed by atoms with Gasteiger partial charge in [0.25, 0.3) is 11.5 Å². The van der Waals surface area contributed by atoms with Crippen molar-refractivity contribution in [3.8, 4) is 11.4 Å². The molecule has 0 aliphatic carbocycles. The number of fused-ring (bicyclic) bond motifs is 3. The molecule has 1 aliphatic rings. The summed E-state index contributed by atoms with van der Waals surface area (Å²) in [5, 5.41) is 5.45. The van der Waals surface area contributed by atoms with Crippen LogP contribution in [0, 0.1) is 0 Å². The quantitative estimate of drug-likeness (QED) is 0.282. The molecule has 2 aromatic heterocycles. The molecule has 3 heterocycles. The number of ether oxygens (including phenoxy) is 1. The van der Waals surface area contributed by atoms with Gasteiger partial charge >= 0.3 is 0 Å². The summed E-state index contributed by atoms with van der Waals surface area (Å²) in [5.41, 5.74) is 5.10. The predicted molar refractivity (Wildman–Crippen MR) is 151 cm³/mol. The predicted octanol–water partition coefficient (Wildman–Crippen LogP) is 5.59. The van der Waals surface area contributed by atoms with E-state index in [1.807, 2.05) is 53.2 Å². The van der Waals surface area contributed by atoms with Crippen LogP contribution < -0.4 is 10.3 Å². The van der Waals surface area contributed by atoms with Gasteiger partial charge < -0.3 is 9.64 Å². The Hall–Kier alpha value is -4.07. The van der Waals surface area contributed by atoms with Crippen LogP contribution in [-0.2, 0) is 19.4 Å². The topological polar surface area (TPSA) is 68.8 Å². The monoisotopic (exact) mass is 558 g/mol. The van der Waals surface area contributed by atoms with Crippen LogP contribution in [0.25, 0.3) is 11.3 Å². The third kappa shape index (κ3) is 4.58. The van der Waals surface area contributed by atoms with Crippen molar-refractivity contribution in [2.45, 2.75) is 19.4 Å². The smallest absolute Gasteiger partial charge is 0.261 e. The maximum absolute atomic E-state index is 14.1. The molecule has 1 aliphatic heterocycles. The van der Waals surface area contributed by atoms with Gasteiger partial charge in [0, 0.05) is 29.7 Å². The Morgan fingerprint density at radius 3 is 2.49 bits per heavy atom. The summed E-state index contributed by atoms with van der Waals surface area (Å²) in [6.45, 7) is 0.643. The molecule has 39 heavy (non-hydrogen) atoms. The second kappa shape index (κ2) is 10.2. The molecule has 1 amide bonds. The highest BCUT2D eigenvalue weighted by Crippen LogP contribution is 2.27. The normalized spacial score (nSPS) is 12.9. The second-order valence-corrected chi connectivity index (χ2v) is 10.3. The number of amides is 1. The van der Waals surface area contributed by atoms with Gasteiger partial charge in [-0.1, -0.05) is 53.5 Å². The van der Waals surface area contributed by atoms with E-state index in [0.717, 1.165) is 16.8 Å². The number of methoxy groups -OCH3 is 1. The highest BCUT2D eigenvalue weighted by Gasteiger charge is 2.29. The van der Waals surface area contributed by atoms with Crippen LogP contribution in [0.4, 0.5) is 0 Å². The maximum Gasteiger partial charge on any atom is 0.261 e. The minimum Gasteiger partial charge on any atom is -0.497 e. The Balaban J connectivity index is 1.49. The van der Waals surface area contributed by atoms with E-state index < -0.39 is 0 Å². The summed E-state index contributed by atoms with van der Waals surface area (Å²) in [5.74, 6) is 0.526. The number of hydrogen-bond donors (Lipinski definition) is 0. The number of aromatic nitrogens is 3. The van der Waals surface area contributed by atoms with Crippen molar-refractivity contribution >= 4 is 34.8 Å². The van der Waals surface area contributed by atoms with Crippen LogP contribution in [0.3, 0.4) is 0 Å². The van der Waals surface area contributed by atoms with Gasteiger partial charge in [-0.3, -0.25) is 14.2 Å². The van der Waals surface area contributed by atoms with Gasteiger partial charge in [-0.2, -0.15) is 5.10 Å². The van der Waals surface area contributed by atoms with Gasteiger partial charge in [0.05, 0.1) is 41.3 Å². The number of benzene rings is 3. The SMILES string of the molecule is COc1ccc(-n2c(=O)c3c(n4ncc(Cc5ccccc5)c24)CN(C(=O)c2ccc(Cl)c(Cl)c2)CC3)cc1. The minimum absolute atomic E-state index is 0.112. The summed E-state index contributed by atoms with van der Waals surface area (Å²) < 4.78 is 8.86. The summed E-state index contributed by atoms with van der Waals surface area (Å²) >= 11 is 12.2. The molecule has 196 valence electrons. The first kappa shape index (κ1) is 25.2. The number of hydrogen-bond acceptors (Lipinski definition) is 4. The molecule has 5 aromatic rings. The van der Waals surface area contributed by atoms with E-state index in [2.05, 4.69) is 12.1 Å². The second-order valence-electron chi connectivity index (χ2n) is 9.44. The van der Waals surface area contributed by atoms with E-state index in [9.17, 15) is 9.59 Å². The molecule has 0 atom stereocenters. The number of rotatable bonds is 5. The van der Waals surface area contributed by atoms with Crippen molar-refractivity contribution in [1.82, 2.24) is 19.1 Å². The lowest BCUT2D eigenvalue weighted by atomic mass is 10.0. The Bertz CT molecular complexity index is 1760.